The molecule has 0 bridgehead atoms. The molecule has 0 aliphatic heterocycles. The third-order valence-corrected chi connectivity index (χ3v) is 1.94. The molecule has 0 aliphatic rings. The molecule has 0 saturated heterocycles. The number of hydrogen-bond acceptors (Lipinski definition) is 6. The fourth-order valence-corrected chi connectivity index (χ4v) is 0.550. The van der Waals surface area contributed by atoms with Gasteiger partial charge in [0.2, 0.25) is 0 Å². The predicted octanol–water partition coefficient (Wildman–Crippen LogP) is -2.23. The van der Waals surface area contributed by atoms with Gasteiger partial charge < -0.3 is 30.9 Å². The third-order valence-electron chi connectivity index (χ3n) is 1.94. The summed E-state index contributed by atoms with van der Waals surface area (Å²) < 4.78 is 0. The highest BCUT2D eigenvalue weighted by Crippen LogP contribution is 1.93. The van der Waals surface area contributed by atoms with Gasteiger partial charge in [-0.1, -0.05) is 0 Å². The van der Waals surface area contributed by atoms with Gasteiger partial charge in [0.1, 0.15) is 0 Å². The van der Waals surface area contributed by atoms with Crippen molar-refractivity contribution >= 4 is 0 Å². The highest BCUT2D eigenvalue weighted by atomic mass is 16.3. The summed E-state index contributed by atoms with van der Waals surface area (Å²) in [5, 5.41) is 25.0. The first-order valence-corrected chi connectivity index (χ1v) is 5.22. The van der Waals surface area contributed by atoms with Gasteiger partial charge in [0.15, 0.2) is 0 Å². The molecule has 6 heteroatoms. The molecule has 0 aromatic heterocycles. The first-order valence-electron chi connectivity index (χ1n) is 5.22. The topological polar surface area (TPSA) is 93.2 Å². The van der Waals surface area contributed by atoms with E-state index >= 15 is 0 Å². The minimum atomic E-state index is -1.21. The molecule has 0 rings (SSSR count). The van der Waals surface area contributed by atoms with E-state index in [9.17, 15) is 0 Å². The van der Waals surface area contributed by atoms with Crippen LogP contribution in [0.1, 0.15) is 0 Å². The SMILES string of the molecule is CN(C)CCN(C)C.NC(CO)(CO)CO. The number of nitrogens with zero attached hydrogens (tertiary/aromatic N) is 2. The lowest BCUT2D eigenvalue weighted by atomic mass is 10.1. The summed E-state index contributed by atoms with van der Waals surface area (Å²) >= 11 is 0. The van der Waals surface area contributed by atoms with Crippen molar-refractivity contribution in [3.05, 3.63) is 0 Å². The Hall–Kier alpha value is -0.240. The van der Waals surface area contributed by atoms with E-state index in [0.29, 0.717) is 0 Å². The Bertz CT molecular complexity index is 134. The zero-order valence-corrected chi connectivity index (χ0v) is 10.8. The minimum absolute atomic E-state index is 0.403. The van der Waals surface area contributed by atoms with E-state index in [4.69, 9.17) is 21.1 Å². The van der Waals surface area contributed by atoms with Crippen LogP contribution in [0.5, 0.6) is 0 Å². The van der Waals surface area contributed by atoms with Crippen LogP contribution in [0, 0.1) is 0 Å². The number of hydrogen-bond donors (Lipinski definition) is 4. The highest BCUT2D eigenvalue weighted by molar-refractivity contribution is 4.80. The van der Waals surface area contributed by atoms with Crippen LogP contribution < -0.4 is 5.73 Å². The quantitative estimate of drug-likeness (QED) is 0.418. The molecule has 5 N–H and O–H groups in total. The van der Waals surface area contributed by atoms with Crippen LogP contribution in [0.2, 0.25) is 0 Å². The normalized spacial score (nSPS) is 11.6. The lowest BCUT2D eigenvalue weighted by Crippen LogP contribution is -2.50. The van der Waals surface area contributed by atoms with Crippen molar-refractivity contribution in [1.29, 1.82) is 0 Å². The summed E-state index contributed by atoms with van der Waals surface area (Å²) in [6, 6.07) is 0. The molecule has 0 unspecified atom stereocenters. The molecule has 0 heterocycles. The van der Waals surface area contributed by atoms with E-state index in [1.807, 2.05) is 0 Å². The molecule has 0 amide bonds. The van der Waals surface area contributed by atoms with Crippen LogP contribution in [0.3, 0.4) is 0 Å². The van der Waals surface area contributed by atoms with Crippen molar-refractivity contribution in [3.63, 3.8) is 0 Å². The molecular formula is C10H27N3O3. The first kappa shape index (κ1) is 18.1. The molecule has 0 spiro atoms. The number of nitrogens with two attached hydrogens (primary N) is 1. The van der Waals surface area contributed by atoms with Gasteiger partial charge in [0, 0.05) is 13.1 Å². The van der Waals surface area contributed by atoms with Crippen molar-refractivity contribution in [1.82, 2.24) is 9.80 Å². The van der Waals surface area contributed by atoms with E-state index in [-0.39, 0.29) is 0 Å². The maximum atomic E-state index is 8.34. The molecular weight excluding hydrogens is 210 g/mol. The Morgan fingerprint density at radius 1 is 0.812 bits per heavy atom. The molecule has 0 aliphatic carbocycles. The second kappa shape index (κ2) is 9.95. The summed E-state index contributed by atoms with van der Waals surface area (Å²) in [4.78, 5) is 4.36. The molecule has 0 fully saturated rings. The minimum Gasteiger partial charge on any atom is -0.394 e. The van der Waals surface area contributed by atoms with E-state index in [2.05, 4.69) is 38.0 Å². The Labute approximate surface area is 98.3 Å². The second-order valence-electron chi connectivity index (χ2n) is 4.44. The van der Waals surface area contributed by atoms with Gasteiger partial charge in [-0.25, -0.2) is 0 Å². The Balaban J connectivity index is 0. The average Bonchev–Trinajstić information content (AvgIpc) is 2.26. The van der Waals surface area contributed by atoms with Crippen molar-refractivity contribution in [2.75, 3.05) is 61.1 Å². The smallest absolute Gasteiger partial charge is 0.0856 e. The Kier molecular flexibility index (Phi) is 11.3. The third kappa shape index (κ3) is 11.8. The highest BCUT2D eigenvalue weighted by Gasteiger charge is 2.20. The van der Waals surface area contributed by atoms with Crippen molar-refractivity contribution < 1.29 is 15.3 Å². The van der Waals surface area contributed by atoms with Crippen LogP contribution >= 0.6 is 0 Å². The monoisotopic (exact) mass is 237 g/mol. The summed E-state index contributed by atoms with van der Waals surface area (Å²) in [6.45, 7) is 1.08. The second-order valence-corrected chi connectivity index (χ2v) is 4.44. The van der Waals surface area contributed by atoms with Gasteiger partial charge in [-0.05, 0) is 28.2 Å². The van der Waals surface area contributed by atoms with Crippen LogP contribution in [-0.2, 0) is 0 Å². The summed E-state index contributed by atoms with van der Waals surface area (Å²) in [7, 11) is 8.35. The lowest BCUT2D eigenvalue weighted by molar-refractivity contribution is 0.0698. The van der Waals surface area contributed by atoms with Gasteiger partial charge in [-0.15, -0.1) is 0 Å². The maximum absolute atomic E-state index is 8.34. The lowest BCUT2D eigenvalue weighted by Gasteiger charge is -2.20. The predicted molar refractivity (Wildman–Crippen MR) is 65.3 cm³/mol. The largest absolute Gasteiger partial charge is 0.394 e. The van der Waals surface area contributed by atoms with Crippen LogP contribution in [-0.4, -0.2) is 91.8 Å². The van der Waals surface area contributed by atoms with Gasteiger partial charge in [0.25, 0.3) is 0 Å². The molecule has 6 nitrogen and oxygen atoms in total. The van der Waals surface area contributed by atoms with Gasteiger partial charge in [-0.3, -0.25) is 0 Å². The summed E-state index contributed by atoms with van der Waals surface area (Å²) in [5.41, 5.74) is 3.94. The molecule has 0 saturated carbocycles. The van der Waals surface area contributed by atoms with Gasteiger partial charge >= 0.3 is 0 Å². The molecule has 0 aromatic carbocycles. The fraction of sp³-hybridized carbons (Fsp3) is 1.00. The van der Waals surface area contributed by atoms with Gasteiger partial charge in [0.05, 0.1) is 25.4 Å². The van der Waals surface area contributed by atoms with E-state index < -0.39 is 25.4 Å². The zero-order chi connectivity index (χ0) is 13.2. The van der Waals surface area contributed by atoms with Crippen LogP contribution in [0.4, 0.5) is 0 Å². The number of likely N-dealkylation sites (N-methyl/N-ethyl adjacent to an activating group) is 2. The molecule has 100 valence electrons. The number of aliphatic hydroxyl groups is 3. The average molecular weight is 237 g/mol. The molecule has 16 heavy (non-hydrogen) atoms. The fourth-order valence-electron chi connectivity index (χ4n) is 0.550. The van der Waals surface area contributed by atoms with Crippen LogP contribution in [0.15, 0.2) is 0 Å². The molecule has 0 radical (unpaired) electrons. The molecule has 0 aromatic rings. The Morgan fingerprint density at radius 2 is 1.06 bits per heavy atom. The van der Waals surface area contributed by atoms with Crippen molar-refractivity contribution in [2.45, 2.75) is 5.54 Å². The van der Waals surface area contributed by atoms with E-state index in [0.717, 1.165) is 13.1 Å². The molecule has 0 atom stereocenters. The summed E-state index contributed by atoms with van der Waals surface area (Å²) in [6.07, 6.45) is 0. The standard InChI is InChI=1S/C6H16N2.C4H11NO3/c1-7(2)5-6-8(3)4;5-4(1-6,2-7)3-8/h5-6H2,1-4H3;6-8H,1-3,5H2. The van der Waals surface area contributed by atoms with E-state index in [1.165, 1.54) is 0 Å². The van der Waals surface area contributed by atoms with Gasteiger partial charge in [-0.2, -0.15) is 0 Å². The zero-order valence-electron chi connectivity index (χ0n) is 10.8. The number of rotatable bonds is 6. The van der Waals surface area contributed by atoms with E-state index in [1.54, 1.807) is 0 Å². The number of aliphatic hydroxyl groups excluding tert-OH is 3. The maximum Gasteiger partial charge on any atom is 0.0856 e. The summed E-state index contributed by atoms with van der Waals surface area (Å²) in [5.74, 6) is 0. The van der Waals surface area contributed by atoms with Crippen LogP contribution in [0.25, 0.3) is 0 Å². The van der Waals surface area contributed by atoms with Crippen molar-refractivity contribution in [3.8, 4) is 0 Å². The first-order chi connectivity index (χ1) is 7.31. The van der Waals surface area contributed by atoms with Crippen molar-refractivity contribution in [2.24, 2.45) is 5.73 Å². The Morgan fingerprint density at radius 3 is 1.12 bits per heavy atom.